The van der Waals surface area contributed by atoms with Gasteiger partial charge in [0.25, 0.3) is 5.91 Å². The Hall–Kier alpha value is -4.42. The van der Waals surface area contributed by atoms with E-state index >= 15 is 0 Å². The predicted molar refractivity (Wildman–Crippen MR) is 158 cm³/mol. The minimum absolute atomic E-state index is 0.352. The molecule has 3 aromatic rings. The number of nitrogens with zero attached hydrogens (tertiary/aromatic N) is 4. The van der Waals surface area contributed by atoms with Crippen LogP contribution in [-0.2, 0) is 16.1 Å². The van der Waals surface area contributed by atoms with Crippen LogP contribution in [0.4, 0.5) is 5.69 Å². The molecule has 0 spiro atoms. The van der Waals surface area contributed by atoms with Gasteiger partial charge in [0.1, 0.15) is 0 Å². The Kier molecular flexibility index (Phi) is 9.71. The fraction of sp³-hybridized carbons (Fsp3) is 0.290. The van der Waals surface area contributed by atoms with E-state index in [0.717, 1.165) is 36.4 Å². The Morgan fingerprint density at radius 3 is 2.58 bits per heavy atom. The van der Waals surface area contributed by atoms with Gasteiger partial charge in [-0.3, -0.25) is 4.79 Å². The topological polar surface area (TPSA) is 98.0 Å². The molecule has 0 radical (unpaired) electrons. The van der Waals surface area contributed by atoms with Gasteiger partial charge in [-0.15, -0.1) is 11.3 Å². The van der Waals surface area contributed by atoms with Crippen molar-refractivity contribution in [3.8, 4) is 6.07 Å². The number of piperidine rings is 1. The Morgan fingerprint density at radius 2 is 1.88 bits per heavy atom. The first-order chi connectivity index (χ1) is 19.4. The zero-order valence-electron chi connectivity index (χ0n) is 22.8. The molecule has 9 heteroatoms. The number of aliphatic imine (C=N–C) groups is 1. The van der Waals surface area contributed by atoms with Crippen LogP contribution < -0.4 is 5.32 Å². The Morgan fingerprint density at radius 1 is 1.18 bits per heavy atom. The molecule has 0 saturated carbocycles. The second kappa shape index (κ2) is 13.6. The number of hydrogen-bond acceptors (Lipinski definition) is 7. The van der Waals surface area contributed by atoms with E-state index in [-0.39, 0.29) is 0 Å². The zero-order valence-corrected chi connectivity index (χ0v) is 23.6. The minimum Gasteiger partial charge on any atom is -0.467 e. The summed E-state index contributed by atoms with van der Waals surface area (Å²) >= 11 is 1.37. The lowest BCUT2D eigenvalue weighted by atomic mass is 10.1. The molecule has 206 valence electrons. The number of thiophene rings is 1. The molecule has 0 aliphatic carbocycles. The fourth-order valence-corrected chi connectivity index (χ4v) is 5.58. The van der Waals surface area contributed by atoms with Crippen molar-refractivity contribution >= 4 is 40.9 Å². The van der Waals surface area contributed by atoms with Crippen molar-refractivity contribution in [1.29, 1.82) is 5.26 Å². The number of nitriles is 1. The van der Waals surface area contributed by atoms with Gasteiger partial charge >= 0.3 is 5.97 Å². The van der Waals surface area contributed by atoms with Crippen LogP contribution in [0.15, 0.2) is 71.5 Å². The van der Waals surface area contributed by atoms with Crippen molar-refractivity contribution in [3.63, 3.8) is 0 Å². The van der Waals surface area contributed by atoms with Crippen LogP contribution in [0, 0.1) is 11.3 Å². The molecule has 1 fully saturated rings. The summed E-state index contributed by atoms with van der Waals surface area (Å²) in [5.74, 6) is -0.994. The molecule has 1 amide bonds. The van der Waals surface area contributed by atoms with Gasteiger partial charge < -0.3 is 19.9 Å². The molecule has 8 nitrogen and oxygen atoms in total. The number of rotatable bonds is 10. The van der Waals surface area contributed by atoms with Crippen LogP contribution >= 0.6 is 11.3 Å². The largest absolute Gasteiger partial charge is 0.467 e. The number of nitrogens with one attached hydrogen (secondary N) is 1. The quantitative estimate of drug-likeness (QED) is 0.201. The van der Waals surface area contributed by atoms with Crippen molar-refractivity contribution in [1.82, 2.24) is 15.1 Å². The Balaban J connectivity index is 1.65. The third kappa shape index (κ3) is 6.77. The summed E-state index contributed by atoms with van der Waals surface area (Å²) in [6.45, 7) is 6.61. The molecule has 1 aromatic heterocycles. The highest BCUT2D eigenvalue weighted by atomic mass is 32.1. The average Bonchev–Trinajstić information content (AvgIpc) is 3.43. The van der Waals surface area contributed by atoms with E-state index < -0.39 is 17.9 Å². The minimum atomic E-state index is -0.964. The lowest BCUT2D eigenvalue weighted by Crippen LogP contribution is -2.34. The molecule has 1 N–H and O–H groups in total. The predicted octanol–water partition coefficient (Wildman–Crippen LogP) is 5.51. The van der Waals surface area contributed by atoms with Crippen LogP contribution in [0.2, 0.25) is 0 Å². The molecule has 1 atom stereocenters. The number of hydrogen-bond donors (Lipinski definition) is 1. The average molecular weight is 556 g/mol. The number of likely N-dealkylation sites (tertiary alicyclic amines) is 1. The molecule has 4 rings (SSSR count). The standard InChI is InChI=1S/C31H33N5O3S/c1-22(35(2)19-25-15-9-8-14-24(25)18-32)29-28(33-21-36-16-10-5-11-17-36)26(20-40-29)30(37)34-27(31(38)39-3)23-12-6-4-7-13-23/h4,6-9,12-15,20-21,27H,1,5,10-11,16-17,19H2,2-3H3,(H,34,37). The SMILES string of the molecule is C=C(c1scc(C(=O)NC(C(=O)OC)c2ccccc2)c1N=CN1CCCCC1)N(C)Cc1ccccc1C#N. The van der Waals surface area contributed by atoms with Gasteiger partial charge in [0.2, 0.25) is 0 Å². The summed E-state index contributed by atoms with van der Waals surface area (Å²) in [6, 6.07) is 17.7. The van der Waals surface area contributed by atoms with Gasteiger partial charge in [-0.25, -0.2) is 9.79 Å². The monoisotopic (exact) mass is 555 g/mol. The third-order valence-electron chi connectivity index (χ3n) is 6.86. The smallest absolute Gasteiger partial charge is 0.333 e. The number of ether oxygens (including phenoxy) is 1. The van der Waals surface area contributed by atoms with E-state index in [1.807, 2.05) is 36.2 Å². The van der Waals surface area contributed by atoms with Gasteiger partial charge in [-0.05, 0) is 36.5 Å². The van der Waals surface area contributed by atoms with E-state index in [1.165, 1.54) is 24.9 Å². The lowest BCUT2D eigenvalue weighted by molar-refractivity contribution is -0.143. The first kappa shape index (κ1) is 28.6. The van der Waals surface area contributed by atoms with Crippen molar-refractivity contribution < 1.29 is 14.3 Å². The molecule has 2 aromatic carbocycles. The summed E-state index contributed by atoms with van der Waals surface area (Å²) in [5.41, 5.74) is 3.63. The summed E-state index contributed by atoms with van der Waals surface area (Å²) < 4.78 is 4.98. The van der Waals surface area contributed by atoms with Crippen molar-refractivity contribution in [2.45, 2.75) is 31.8 Å². The van der Waals surface area contributed by atoms with Gasteiger partial charge in [-0.1, -0.05) is 55.1 Å². The molecule has 1 saturated heterocycles. The molecule has 1 aliphatic heterocycles. The number of carbonyl (C=O) groups excluding carboxylic acids is 2. The number of carbonyl (C=O) groups is 2. The highest BCUT2D eigenvalue weighted by molar-refractivity contribution is 7.12. The van der Waals surface area contributed by atoms with Gasteiger partial charge in [0.05, 0.1) is 41.2 Å². The highest BCUT2D eigenvalue weighted by Gasteiger charge is 2.27. The van der Waals surface area contributed by atoms with Crippen LogP contribution in [0.1, 0.15) is 57.2 Å². The fourth-order valence-electron chi connectivity index (χ4n) is 4.56. The van der Waals surface area contributed by atoms with E-state index in [4.69, 9.17) is 9.73 Å². The summed E-state index contributed by atoms with van der Waals surface area (Å²) in [6.07, 6.45) is 5.19. The van der Waals surface area contributed by atoms with Crippen molar-refractivity contribution in [2.24, 2.45) is 4.99 Å². The maximum atomic E-state index is 13.6. The van der Waals surface area contributed by atoms with Crippen LogP contribution in [0.3, 0.4) is 0 Å². The van der Waals surface area contributed by atoms with E-state index in [1.54, 1.807) is 42.1 Å². The Labute approximate surface area is 239 Å². The second-order valence-corrected chi connectivity index (χ2v) is 10.5. The number of benzene rings is 2. The molecular weight excluding hydrogens is 522 g/mol. The van der Waals surface area contributed by atoms with Crippen LogP contribution in [0.5, 0.6) is 0 Å². The van der Waals surface area contributed by atoms with Gasteiger partial charge in [0.15, 0.2) is 6.04 Å². The van der Waals surface area contributed by atoms with Gasteiger partial charge in [0, 0.05) is 37.8 Å². The number of methoxy groups -OCH3 is 1. The van der Waals surface area contributed by atoms with Crippen molar-refractivity contribution in [3.05, 3.63) is 93.7 Å². The molecule has 0 bridgehead atoms. The first-order valence-corrected chi connectivity index (χ1v) is 14.0. The zero-order chi connectivity index (χ0) is 28.5. The first-order valence-electron chi connectivity index (χ1n) is 13.1. The lowest BCUT2D eigenvalue weighted by Gasteiger charge is -2.24. The normalized spacial score (nSPS) is 13.9. The van der Waals surface area contributed by atoms with E-state index in [9.17, 15) is 14.9 Å². The van der Waals surface area contributed by atoms with E-state index in [0.29, 0.717) is 34.6 Å². The highest BCUT2D eigenvalue weighted by Crippen LogP contribution is 2.38. The van der Waals surface area contributed by atoms with Crippen LogP contribution in [-0.4, -0.2) is 55.3 Å². The third-order valence-corrected chi connectivity index (χ3v) is 7.88. The molecule has 2 heterocycles. The maximum Gasteiger partial charge on any atom is 0.333 e. The summed E-state index contributed by atoms with van der Waals surface area (Å²) in [5, 5.41) is 14.1. The maximum absolute atomic E-state index is 13.6. The van der Waals surface area contributed by atoms with Gasteiger partial charge in [-0.2, -0.15) is 5.26 Å². The number of esters is 1. The summed E-state index contributed by atoms with van der Waals surface area (Å²) in [4.78, 5) is 35.9. The molecule has 1 aliphatic rings. The summed E-state index contributed by atoms with van der Waals surface area (Å²) in [7, 11) is 3.20. The molecule has 1 unspecified atom stereocenters. The molecular formula is C31H33N5O3S. The van der Waals surface area contributed by atoms with E-state index in [2.05, 4.69) is 22.9 Å². The van der Waals surface area contributed by atoms with Crippen LogP contribution in [0.25, 0.3) is 5.70 Å². The molecule has 40 heavy (non-hydrogen) atoms. The Bertz CT molecular complexity index is 1420. The second-order valence-electron chi connectivity index (χ2n) is 9.58. The van der Waals surface area contributed by atoms with Crippen molar-refractivity contribution in [2.75, 3.05) is 27.2 Å². The number of amides is 1.